The highest BCUT2D eigenvalue weighted by Crippen LogP contribution is 2.26. The van der Waals surface area contributed by atoms with Gasteiger partial charge in [-0.05, 0) is 40.4 Å². The maximum absolute atomic E-state index is 12.4. The SMILES string of the molecule is COc1ccc(Br)c(S(=O)(=O)NC(CN)CC(C)C)c1. The van der Waals surface area contributed by atoms with Gasteiger partial charge in [-0.2, -0.15) is 0 Å². The van der Waals surface area contributed by atoms with Gasteiger partial charge in [0.1, 0.15) is 5.75 Å². The van der Waals surface area contributed by atoms with E-state index in [1.165, 1.54) is 13.2 Å². The van der Waals surface area contributed by atoms with Gasteiger partial charge in [-0.25, -0.2) is 13.1 Å². The highest BCUT2D eigenvalue weighted by atomic mass is 79.9. The lowest BCUT2D eigenvalue weighted by atomic mass is 10.1. The minimum Gasteiger partial charge on any atom is -0.497 e. The molecular formula is C13H21BrN2O3S. The van der Waals surface area contributed by atoms with E-state index in [0.717, 1.165) is 0 Å². The number of ether oxygens (including phenoxy) is 1. The molecule has 0 spiro atoms. The lowest BCUT2D eigenvalue weighted by Crippen LogP contribution is -2.41. The number of halogens is 1. The van der Waals surface area contributed by atoms with Crippen molar-refractivity contribution in [2.75, 3.05) is 13.7 Å². The lowest BCUT2D eigenvalue weighted by Gasteiger charge is -2.19. The molecule has 1 aromatic rings. The van der Waals surface area contributed by atoms with E-state index in [4.69, 9.17) is 10.5 Å². The first-order chi connectivity index (χ1) is 9.30. The first kappa shape index (κ1) is 17.4. The van der Waals surface area contributed by atoms with Crippen LogP contribution < -0.4 is 15.2 Å². The largest absolute Gasteiger partial charge is 0.497 e. The Kier molecular flexibility index (Phi) is 6.44. The van der Waals surface area contributed by atoms with Crippen molar-refractivity contribution in [3.8, 4) is 5.75 Å². The molecule has 0 aliphatic heterocycles. The third-order valence-electron chi connectivity index (χ3n) is 2.79. The Hall–Kier alpha value is -0.630. The van der Waals surface area contributed by atoms with Gasteiger partial charge in [0.05, 0.1) is 12.0 Å². The van der Waals surface area contributed by atoms with Gasteiger partial charge >= 0.3 is 0 Å². The van der Waals surface area contributed by atoms with Crippen molar-refractivity contribution in [3.05, 3.63) is 22.7 Å². The molecule has 3 N–H and O–H groups in total. The van der Waals surface area contributed by atoms with Gasteiger partial charge in [0.2, 0.25) is 10.0 Å². The van der Waals surface area contributed by atoms with Crippen molar-refractivity contribution in [2.24, 2.45) is 11.7 Å². The van der Waals surface area contributed by atoms with Crippen molar-refractivity contribution in [3.63, 3.8) is 0 Å². The molecule has 1 unspecified atom stereocenters. The third-order valence-corrected chi connectivity index (χ3v) is 5.30. The quantitative estimate of drug-likeness (QED) is 0.776. The first-order valence-corrected chi connectivity index (χ1v) is 8.63. The van der Waals surface area contributed by atoms with E-state index in [2.05, 4.69) is 20.7 Å². The second-order valence-corrected chi connectivity index (χ2v) is 7.52. The standard InChI is InChI=1S/C13H21BrN2O3S/c1-9(2)6-10(8-15)16-20(17,18)13-7-11(19-3)4-5-12(13)14/h4-5,7,9-10,16H,6,8,15H2,1-3H3. The smallest absolute Gasteiger partial charge is 0.242 e. The summed E-state index contributed by atoms with van der Waals surface area (Å²) in [5, 5.41) is 0. The molecule has 0 amide bonds. The van der Waals surface area contributed by atoms with E-state index >= 15 is 0 Å². The summed E-state index contributed by atoms with van der Waals surface area (Å²) in [5.41, 5.74) is 5.64. The van der Waals surface area contributed by atoms with Crippen LogP contribution >= 0.6 is 15.9 Å². The van der Waals surface area contributed by atoms with Crippen LogP contribution in [0.5, 0.6) is 5.75 Å². The van der Waals surface area contributed by atoms with Crippen LogP contribution in [0.4, 0.5) is 0 Å². The van der Waals surface area contributed by atoms with Crippen LogP contribution in [0.25, 0.3) is 0 Å². The summed E-state index contributed by atoms with van der Waals surface area (Å²) in [7, 11) is -2.14. The molecule has 1 atom stereocenters. The van der Waals surface area contributed by atoms with E-state index < -0.39 is 10.0 Å². The van der Waals surface area contributed by atoms with E-state index in [-0.39, 0.29) is 17.5 Å². The zero-order valence-electron chi connectivity index (χ0n) is 11.9. The minimum atomic E-state index is -3.64. The highest BCUT2D eigenvalue weighted by molar-refractivity contribution is 9.10. The first-order valence-electron chi connectivity index (χ1n) is 6.36. The molecule has 0 saturated heterocycles. The molecule has 1 aromatic carbocycles. The van der Waals surface area contributed by atoms with Crippen molar-refractivity contribution >= 4 is 26.0 Å². The van der Waals surface area contributed by atoms with Crippen LogP contribution in [0.1, 0.15) is 20.3 Å². The predicted molar refractivity (Wildman–Crippen MR) is 83.3 cm³/mol. The molecule has 0 bridgehead atoms. The van der Waals surface area contributed by atoms with E-state index in [1.54, 1.807) is 12.1 Å². The number of benzene rings is 1. The summed E-state index contributed by atoms with van der Waals surface area (Å²) in [5.74, 6) is 0.849. The second kappa shape index (κ2) is 7.40. The average Bonchev–Trinajstić information content (AvgIpc) is 2.37. The second-order valence-electron chi connectivity index (χ2n) is 4.98. The molecule has 0 fully saturated rings. The Bertz CT molecular complexity index is 547. The van der Waals surface area contributed by atoms with Gasteiger partial charge < -0.3 is 10.5 Å². The zero-order valence-corrected chi connectivity index (χ0v) is 14.3. The summed E-state index contributed by atoms with van der Waals surface area (Å²) in [6, 6.07) is 4.54. The minimum absolute atomic E-state index is 0.152. The molecule has 0 aromatic heterocycles. The topological polar surface area (TPSA) is 81.4 Å². The van der Waals surface area contributed by atoms with E-state index in [9.17, 15) is 8.42 Å². The number of hydrogen-bond acceptors (Lipinski definition) is 4. The molecule has 7 heteroatoms. The van der Waals surface area contributed by atoms with Crippen molar-refractivity contribution in [1.82, 2.24) is 4.72 Å². The van der Waals surface area contributed by atoms with Crippen molar-refractivity contribution in [1.29, 1.82) is 0 Å². The fraction of sp³-hybridized carbons (Fsp3) is 0.538. The number of rotatable bonds is 7. The summed E-state index contributed by atoms with van der Waals surface area (Å²) >= 11 is 3.25. The Balaban J connectivity index is 3.04. The van der Waals surface area contributed by atoms with Gasteiger partial charge in [-0.1, -0.05) is 13.8 Å². The fourth-order valence-corrected chi connectivity index (χ4v) is 4.10. The summed E-state index contributed by atoms with van der Waals surface area (Å²) < 4.78 is 33.0. The van der Waals surface area contributed by atoms with E-state index in [0.29, 0.717) is 22.6 Å². The molecule has 0 radical (unpaired) electrons. The Morgan fingerprint density at radius 3 is 2.55 bits per heavy atom. The molecule has 0 saturated carbocycles. The van der Waals surface area contributed by atoms with Gasteiger partial charge in [0.15, 0.2) is 0 Å². The predicted octanol–water partition coefficient (Wildman–Crippen LogP) is 2.11. The Labute approximate surface area is 129 Å². The average molecular weight is 365 g/mol. The number of hydrogen-bond donors (Lipinski definition) is 2. The Morgan fingerprint density at radius 2 is 2.05 bits per heavy atom. The third kappa shape index (κ3) is 4.73. The van der Waals surface area contributed by atoms with Crippen LogP contribution in [0.2, 0.25) is 0 Å². The van der Waals surface area contributed by atoms with Gasteiger partial charge in [0.25, 0.3) is 0 Å². The highest BCUT2D eigenvalue weighted by Gasteiger charge is 2.22. The van der Waals surface area contributed by atoms with Crippen LogP contribution in [0.15, 0.2) is 27.6 Å². The molecular weight excluding hydrogens is 344 g/mol. The monoisotopic (exact) mass is 364 g/mol. The molecule has 114 valence electrons. The molecule has 1 rings (SSSR count). The summed E-state index contributed by atoms with van der Waals surface area (Å²) in [4.78, 5) is 0.152. The zero-order chi connectivity index (χ0) is 15.3. The van der Waals surface area contributed by atoms with Gasteiger partial charge in [0, 0.05) is 23.1 Å². The maximum Gasteiger partial charge on any atom is 0.242 e. The van der Waals surface area contributed by atoms with Gasteiger partial charge in [-0.15, -0.1) is 0 Å². The molecule has 0 heterocycles. The normalized spacial score (nSPS) is 13.5. The van der Waals surface area contributed by atoms with Crippen molar-refractivity contribution < 1.29 is 13.2 Å². The van der Waals surface area contributed by atoms with E-state index in [1.807, 2.05) is 13.8 Å². The van der Waals surface area contributed by atoms with Gasteiger partial charge in [-0.3, -0.25) is 0 Å². The van der Waals surface area contributed by atoms with Crippen LogP contribution in [0.3, 0.4) is 0 Å². The summed E-state index contributed by atoms with van der Waals surface area (Å²) in [6.45, 7) is 4.32. The maximum atomic E-state index is 12.4. The lowest BCUT2D eigenvalue weighted by molar-refractivity contribution is 0.413. The summed E-state index contributed by atoms with van der Waals surface area (Å²) in [6.07, 6.45) is 0.692. The number of sulfonamides is 1. The fourth-order valence-electron chi connectivity index (χ4n) is 1.86. The number of nitrogens with one attached hydrogen (secondary N) is 1. The molecule has 0 aliphatic rings. The van der Waals surface area contributed by atoms with Crippen LogP contribution in [-0.2, 0) is 10.0 Å². The number of nitrogens with two attached hydrogens (primary N) is 1. The number of methoxy groups -OCH3 is 1. The molecule has 0 aliphatic carbocycles. The molecule has 5 nitrogen and oxygen atoms in total. The van der Waals surface area contributed by atoms with Crippen LogP contribution in [0, 0.1) is 5.92 Å². The van der Waals surface area contributed by atoms with Crippen LogP contribution in [-0.4, -0.2) is 28.1 Å². The van der Waals surface area contributed by atoms with Crippen molar-refractivity contribution in [2.45, 2.75) is 31.2 Å². The molecule has 20 heavy (non-hydrogen) atoms. The Morgan fingerprint density at radius 1 is 1.40 bits per heavy atom.